The number of rotatable bonds is 6. The smallest absolute Gasteiger partial charge is 0.252 e. The fourth-order valence-electron chi connectivity index (χ4n) is 4.02. The minimum atomic E-state index is -1.26. The number of aromatic nitrogens is 2. The first-order valence-electron chi connectivity index (χ1n) is 9.24. The molecular weight excluding hydrogens is 376 g/mol. The summed E-state index contributed by atoms with van der Waals surface area (Å²) in [5.41, 5.74) is 6.19. The monoisotopic (exact) mass is 398 g/mol. The van der Waals surface area contributed by atoms with E-state index in [9.17, 15) is 14.7 Å². The van der Waals surface area contributed by atoms with E-state index in [1.807, 2.05) is 6.07 Å². The van der Waals surface area contributed by atoms with Crippen LogP contribution < -0.4 is 15.8 Å². The number of amides is 2. The SMILES string of the molecule is Cc1oc2ccc(OCc3ccnn3C)c(C3(CO)CCNC3=O)c2c1C(N)=O. The quantitative estimate of drug-likeness (QED) is 0.565. The molecule has 0 aliphatic carbocycles. The Balaban J connectivity index is 1.95. The maximum atomic E-state index is 12.8. The van der Waals surface area contributed by atoms with Gasteiger partial charge in [0.25, 0.3) is 5.91 Å². The number of aliphatic hydroxyl groups excluding tert-OH is 1. The molecule has 4 N–H and O–H groups in total. The molecule has 0 bridgehead atoms. The number of aliphatic hydroxyl groups is 1. The maximum Gasteiger partial charge on any atom is 0.252 e. The number of nitrogens with zero attached hydrogens (tertiary/aromatic N) is 2. The molecule has 1 atom stereocenters. The molecular formula is C20H22N4O5. The summed E-state index contributed by atoms with van der Waals surface area (Å²) in [5, 5.41) is 17.6. The standard InChI is InChI=1S/C20H22N4O5/c1-11-15(18(21)26)16-13(29-11)3-4-14(28-9-12-5-7-23-24(12)2)17(16)20(10-25)6-8-22-19(20)27/h3-5,7,25H,6,8-10H2,1-2H3,(H2,21,26)(H,22,27). The third-order valence-corrected chi connectivity index (χ3v) is 5.56. The van der Waals surface area contributed by atoms with Crippen LogP contribution in [0.3, 0.4) is 0 Å². The van der Waals surface area contributed by atoms with Crippen molar-refractivity contribution in [2.75, 3.05) is 13.2 Å². The van der Waals surface area contributed by atoms with Gasteiger partial charge in [-0.3, -0.25) is 14.3 Å². The number of nitrogens with one attached hydrogen (secondary N) is 1. The van der Waals surface area contributed by atoms with Gasteiger partial charge in [0, 0.05) is 30.7 Å². The Kier molecular flexibility index (Phi) is 4.54. The van der Waals surface area contributed by atoms with Gasteiger partial charge in [-0.15, -0.1) is 0 Å². The van der Waals surface area contributed by atoms with Crippen molar-refractivity contribution in [1.82, 2.24) is 15.1 Å². The summed E-state index contributed by atoms with van der Waals surface area (Å²) in [4.78, 5) is 25.0. The van der Waals surface area contributed by atoms with E-state index in [0.29, 0.717) is 41.0 Å². The van der Waals surface area contributed by atoms with Crippen LogP contribution >= 0.6 is 0 Å². The molecule has 4 rings (SSSR count). The first kappa shape index (κ1) is 19.0. The molecule has 1 saturated heterocycles. The third kappa shape index (κ3) is 2.85. The van der Waals surface area contributed by atoms with E-state index in [4.69, 9.17) is 14.9 Å². The minimum absolute atomic E-state index is 0.188. The highest BCUT2D eigenvalue weighted by Crippen LogP contribution is 2.44. The van der Waals surface area contributed by atoms with Gasteiger partial charge >= 0.3 is 0 Å². The Labute approximate surface area is 166 Å². The normalized spacial score (nSPS) is 18.9. The number of furan rings is 1. The first-order chi connectivity index (χ1) is 13.9. The van der Waals surface area contributed by atoms with Crippen molar-refractivity contribution < 1.29 is 23.8 Å². The van der Waals surface area contributed by atoms with E-state index < -0.39 is 17.9 Å². The zero-order valence-corrected chi connectivity index (χ0v) is 16.2. The predicted molar refractivity (Wildman–Crippen MR) is 103 cm³/mol. The van der Waals surface area contributed by atoms with E-state index in [2.05, 4.69) is 10.4 Å². The molecule has 0 spiro atoms. The molecule has 3 aromatic rings. The van der Waals surface area contributed by atoms with Gasteiger partial charge < -0.3 is 25.3 Å². The van der Waals surface area contributed by atoms with Crippen LogP contribution in [0.15, 0.2) is 28.8 Å². The zero-order valence-electron chi connectivity index (χ0n) is 16.2. The fourth-order valence-corrected chi connectivity index (χ4v) is 4.02. The van der Waals surface area contributed by atoms with Gasteiger partial charge in [-0.1, -0.05) is 0 Å². The second kappa shape index (κ2) is 6.93. The summed E-state index contributed by atoms with van der Waals surface area (Å²) in [6, 6.07) is 5.18. The number of ether oxygens (including phenoxy) is 1. The van der Waals surface area contributed by atoms with Crippen molar-refractivity contribution >= 4 is 22.8 Å². The molecule has 3 heterocycles. The lowest BCUT2D eigenvalue weighted by atomic mass is 9.76. The Bertz CT molecular complexity index is 1120. The summed E-state index contributed by atoms with van der Waals surface area (Å²) in [5.74, 6) is -0.262. The molecule has 0 saturated carbocycles. The number of hydrogen-bond donors (Lipinski definition) is 3. The molecule has 0 radical (unpaired) electrons. The van der Waals surface area contributed by atoms with E-state index in [1.165, 1.54) is 0 Å². The fraction of sp³-hybridized carbons (Fsp3) is 0.350. The Morgan fingerprint density at radius 3 is 2.83 bits per heavy atom. The van der Waals surface area contributed by atoms with Gasteiger partial charge in [0.1, 0.15) is 29.1 Å². The average Bonchev–Trinajstić information content (AvgIpc) is 3.36. The Morgan fingerprint density at radius 1 is 1.45 bits per heavy atom. The molecule has 1 fully saturated rings. The zero-order chi connectivity index (χ0) is 20.8. The number of primary amides is 1. The van der Waals surface area contributed by atoms with Crippen LogP contribution in [0.5, 0.6) is 5.75 Å². The molecule has 1 unspecified atom stereocenters. The van der Waals surface area contributed by atoms with Gasteiger partial charge in [-0.25, -0.2) is 0 Å². The van der Waals surface area contributed by atoms with Crippen molar-refractivity contribution in [3.05, 3.63) is 47.0 Å². The second-order valence-corrected chi connectivity index (χ2v) is 7.19. The number of nitrogens with two attached hydrogens (primary N) is 1. The molecule has 29 heavy (non-hydrogen) atoms. The highest BCUT2D eigenvalue weighted by Gasteiger charge is 2.47. The summed E-state index contributed by atoms with van der Waals surface area (Å²) in [7, 11) is 1.80. The van der Waals surface area contributed by atoms with Gasteiger partial charge in [0.2, 0.25) is 5.91 Å². The molecule has 9 nitrogen and oxygen atoms in total. The number of hydrogen-bond acceptors (Lipinski definition) is 6. The topological polar surface area (TPSA) is 133 Å². The van der Waals surface area contributed by atoms with Crippen LogP contribution in [0.4, 0.5) is 0 Å². The summed E-state index contributed by atoms with van der Waals surface area (Å²) >= 11 is 0. The van der Waals surface area contributed by atoms with Crippen LogP contribution in [-0.4, -0.2) is 39.9 Å². The largest absolute Gasteiger partial charge is 0.487 e. The van der Waals surface area contributed by atoms with E-state index in [1.54, 1.807) is 37.0 Å². The highest BCUT2D eigenvalue weighted by atomic mass is 16.5. The molecule has 152 valence electrons. The number of carbonyl (C=O) groups is 2. The van der Waals surface area contributed by atoms with Crippen LogP contribution in [0.2, 0.25) is 0 Å². The highest BCUT2D eigenvalue weighted by molar-refractivity contribution is 6.10. The average molecular weight is 398 g/mol. The summed E-state index contributed by atoms with van der Waals surface area (Å²) < 4.78 is 13.5. The third-order valence-electron chi connectivity index (χ3n) is 5.56. The molecule has 1 aliphatic heterocycles. The lowest BCUT2D eigenvalue weighted by Gasteiger charge is -2.27. The first-order valence-corrected chi connectivity index (χ1v) is 9.24. The molecule has 9 heteroatoms. The van der Waals surface area contributed by atoms with Gasteiger partial charge in [-0.2, -0.15) is 5.10 Å². The number of aryl methyl sites for hydroxylation is 2. The van der Waals surface area contributed by atoms with E-state index >= 15 is 0 Å². The Morgan fingerprint density at radius 2 is 2.24 bits per heavy atom. The van der Waals surface area contributed by atoms with Crippen molar-refractivity contribution in [2.45, 2.75) is 25.4 Å². The maximum absolute atomic E-state index is 12.8. The van der Waals surface area contributed by atoms with Gasteiger partial charge in [-0.05, 0) is 31.5 Å². The van der Waals surface area contributed by atoms with Crippen molar-refractivity contribution in [2.24, 2.45) is 12.8 Å². The lowest BCUT2D eigenvalue weighted by molar-refractivity contribution is -0.125. The van der Waals surface area contributed by atoms with Gasteiger partial charge in [0.15, 0.2) is 0 Å². The molecule has 1 aliphatic rings. The van der Waals surface area contributed by atoms with Crippen molar-refractivity contribution in [3.63, 3.8) is 0 Å². The molecule has 2 amide bonds. The number of carbonyl (C=O) groups excluding carboxylic acids is 2. The Hall–Kier alpha value is -3.33. The van der Waals surface area contributed by atoms with Crippen LogP contribution in [0, 0.1) is 6.92 Å². The molecule has 1 aromatic carbocycles. The van der Waals surface area contributed by atoms with Crippen LogP contribution in [0.25, 0.3) is 11.0 Å². The van der Waals surface area contributed by atoms with Gasteiger partial charge in [0.05, 0.1) is 17.9 Å². The van der Waals surface area contributed by atoms with E-state index in [-0.39, 0.29) is 18.1 Å². The molecule has 2 aromatic heterocycles. The predicted octanol–water partition coefficient (Wildman–Crippen LogP) is 0.903. The second-order valence-electron chi connectivity index (χ2n) is 7.19. The van der Waals surface area contributed by atoms with Crippen molar-refractivity contribution in [3.8, 4) is 5.75 Å². The van der Waals surface area contributed by atoms with E-state index in [0.717, 1.165) is 5.69 Å². The van der Waals surface area contributed by atoms with Crippen LogP contribution in [-0.2, 0) is 23.9 Å². The van der Waals surface area contributed by atoms with Crippen molar-refractivity contribution in [1.29, 1.82) is 0 Å². The summed E-state index contributed by atoms with van der Waals surface area (Å²) in [6.07, 6.45) is 2.01. The number of benzene rings is 1. The summed E-state index contributed by atoms with van der Waals surface area (Å²) in [6.45, 7) is 1.80. The minimum Gasteiger partial charge on any atom is -0.487 e. The lowest BCUT2D eigenvalue weighted by Crippen LogP contribution is -2.39. The number of fused-ring (bicyclic) bond motifs is 1. The van der Waals surface area contributed by atoms with Crippen LogP contribution in [0.1, 0.15) is 33.8 Å².